The molecule has 1 aliphatic heterocycles. The normalized spacial score (nSPS) is 12.8. The molecule has 6 nitrogen and oxygen atoms in total. The van der Waals surface area contributed by atoms with Crippen LogP contribution < -0.4 is 56.7 Å². The fourth-order valence-electron chi connectivity index (χ4n) is 1.59. The molecule has 0 aliphatic carbocycles. The number of nitrogens with one attached hydrogen (secondary N) is 1. The Morgan fingerprint density at radius 3 is 1.70 bits per heavy atom. The minimum Gasteiger partial charge on any atom is -1.00 e. The second-order valence-electron chi connectivity index (χ2n) is 4.00. The van der Waals surface area contributed by atoms with Crippen LogP contribution in [0.4, 0.5) is 0 Å². The van der Waals surface area contributed by atoms with E-state index in [0.29, 0.717) is 0 Å². The van der Waals surface area contributed by atoms with Gasteiger partial charge in [0.25, 0.3) is 0 Å². The molecular formula is C13H20KNO5. The van der Waals surface area contributed by atoms with Gasteiger partial charge >= 0.3 is 63.3 Å². The third-order valence-corrected chi connectivity index (χ3v) is 2.56. The molecule has 1 aromatic rings. The third-order valence-electron chi connectivity index (χ3n) is 2.56. The van der Waals surface area contributed by atoms with Crippen LogP contribution in [0.2, 0.25) is 0 Å². The van der Waals surface area contributed by atoms with Crippen LogP contribution in [0.25, 0.3) is 0 Å². The number of rotatable bonds is 2. The van der Waals surface area contributed by atoms with Gasteiger partial charge in [0.1, 0.15) is 0 Å². The minimum absolute atomic E-state index is 0. The Bertz CT molecular complexity index is 386. The maximum Gasteiger partial charge on any atom is 1.00 e. The zero-order chi connectivity index (χ0) is 13.4. The van der Waals surface area contributed by atoms with Crippen molar-refractivity contribution in [3.8, 4) is 0 Å². The second kappa shape index (κ2) is 12.5. The van der Waals surface area contributed by atoms with Crippen LogP contribution >= 0.6 is 0 Å². The van der Waals surface area contributed by atoms with Crippen molar-refractivity contribution in [2.24, 2.45) is 0 Å². The molecule has 0 atom stereocenters. The summed E-state index contributed by atoms with van der Waals surface area (Å²) in [5.74, 6) is -2.25. The quantitative estimate of drug-likeness (QED) is 0.553. The first-order valence-electron chi connectivity index (χ1n) is 5.88. The Morgan fingerprint density at radius 2 is 1.45 bits per heavy atom. The summed E-state index contributed by atoms with van der Waals surface area (Å²) < 4.78 is 0. The van der Waals surface area contributed by atoms with Gasteiger partial charge in [0.05, 0.1) is 11.1 Å². The van der Waals surface area contributed by atoms with E-state index in [2.05, 4.69) is 5.32 Å². The van der Waals surface area contributed by atoms with Gasteiger partial charge in [-0.3, -0.25) is 0 Å². The molecule has 2 rings (SSSR count). The fourth-order valence-corrected chi connectivity index (χ4v) is 1.59. The molecule has 1 fully saturated rings. The summed E-state index contributed by atoms with van der Waals surface area (Å²) in [6, 6.07) is 5.20. The molecule has 1 saturated heterocycles. The van der Waals surface area contributed by atoms with Crippen LogP contribution in [0.1, 0.15) is 41.4 Å². The van der Waals surface area contributed by atoms with Crippen molar-refractivity contribution in [1.82, 2.24) is 5.32 Å². The third kappa shape index (κ3) is 8.80. The van der Waals surface area contributed by atoms with E-state index in [4.69, 9.17) is 10.2 Å². The summed E-state index contributed by atoms with van der Waals surface area (Å²) in [7, 11) is 0. The van der Waals surface area contributed by atoms with Crippen LogP contribution in [-0.2, 0) is 0 Å². The van der Waals surface area contributed by atoms with Crippen molar-refractivity contribution in [1.29, 1.82) is 0 Å². The zero-order valence-electron chi connectivity index (χ0n) is 12.6. The first-order valence-corrected chi connectivity index (χ1v) is 5.88. The Balaban J connectivity index is -0.000000312. The number of carboxylic acid groups (broad SMARTS) is 2. The number of aromatic carboxylic acids is 2. The summed E-state index contributed by atoms with van der Waals surface area (Å²) in [5, 5.41) is 20.3. The van der Waals surface area contributed by atoms with Gasteiger partial charge < -0.3 is 22.4 Å². The first kappa shape index (κ1) is 22.0. The predicted molar refractivity (Wildman–Crippen MR) is 71.8 cm³/mol. The van der Waals surface area contributed by atoms with Gasteiger partial charge in [0.15, 0.2) is 0 Å². The number of piperidine rings is 1. The van der Waals surface area contributed by atoms with Crippen molar-refractivity contribution in [3.05, 3.63) is 35.4 Å². The molecule has 0 unspecified atom stereocenters. The van der Waals surface area contributed by atoms with E-state index in [1.165, 1.54) is 50.6 Å². The molecule has 0 radical (unpaired) electrons. The predicted octanol–water partition coefficient (Wildman–Crippen LogP) is -1.87. The van der Waals surface area contributed by atoms with Gasteiger partial charge in [0.2, 0.25) is 0 Å². The molecule has 0 saturated carbocycles. The molecule has 1 aliphatic rings. The Labute approximate surface area is 161 Å². The molecular weight excluding hydrogens is 289 g/mol. The van der Waals surface area contributed by atoms with Gasteiger partial charge in [-0.25, -0.2) is 9.59 Å². The summed E-state index contributed by atoms with van der Waals surface area (Å²) in [6.07, 6.45) is 4.22. The SMILES string of the molecule is C1CCNCC1.O.O=C(O)c1cccc(C(=O)O)c1.[H-].[K+]. The van der Waals surface area contributed by atoms with E-state index in [1.807, 2.05) is 0 Å². The van der Waals surface area contributed by atoms with Crippen LogP contribution in [0.15, 0.2) is 24.3 Å². The van der Waals surface area contributed by atoms with Crippen molar-refractivity contribution in [2.75, 3.05) is 13.1 Å². The summed E-state index contributed by atoms with van der Waals surface area (Å²) in [4.78, 5) is 20.8. The van der Waals surface area contributed by atoms with E-state index in [1.54, 1.807) is 0 Å². The zero-order valence-corrected chi connectivity index (χ0v) is 14.7. The molecule has 0 bridgehead atoms. The maximum absolute atomic E-state index is 10.4. The van der Waals surface area contributed by atoms with Crippen LogP contribution in [0, 0.1) is 0 Å². The van der Waals surface area contributed by atoms with E-state index < -0.39 is 11.9 Å². The fraction of sp³-hybridized carbons (Fsp3) is 0.385. The minimum atomic E-state index is -1.13. The molecule has 7 heteroatoms. The van der Waals surface area contributed by atoms with Gasteiger partial charge in [-0.1, -0.05) is 12.5 Å². The average molecular weight is 309 g/mol. The van der Waals surface area contributed by atoms with Crippen molar-refractivity contribution in [2.45, 2.75) is 19.3 Å². The largest absolute Gasteiger partial charge is 1.00 e. The Morgan fingerprint density at radius 1 is 1.00 bits per heavy atom. The molecule has 1 aromatic carbocycles. The average Bonchev–Trinajstić information content (AvgIpc) is 2.41. The van der Waals surface area contributed by atoms with E-state index in [0.717, 1.165) is 6.07 Å². The number of hydrogen-bond donors (Lipinski definition) is 3. The molecule has 0 spiro atoms. The number of carbonyl (C=O) groups is 2. The van der Waals surface area contributed by atoms with E-state index >= 15 is 0 Å². The van der Waals surface area contributed by atoms with Gasteiger partial charge in [-0.15, -0.1) is 0 Å². The second-order valence-corrected chi connectivity index (χ2v) is 4.00. The van der Waals surface area contributed by atoms with Crippen LogP contribution in [0.5, 0.6) is 0 Å². The molecule has 1 heterocycles. The summed E-state index contributed by atoms with van der Waals surface area (Å²) in [6.45, 7) is 2.50. The monoisotopic (exact) mass is 309 g/mol. The number of carboxylic acids is 2. The Hall–Kier alpha value is -0.284. The molecule has 0 aromatic heterocycles. The first-order chi connectivity index (χ1) is 8.61. The van der Waals surface area contributed by atoms with Gasteiger partial charge in [0, 0.05) is 0 Å². The number of benzene rings is 1. The topological polar surface area (TPSA) is 118 Å². The smallest absolute Gasteiger partial charge is 1.00 e. The summed E-state index contributed by atoms with van der Waals surface area (Å²) in [5.41, 5.74) is -0.0372. The summed E-state index contributed by atoms with van der Waals surface area (Å²) >= 11 is 0. The van der Waals surface area contributed by atoms with Gasteiger partial charge in [-0.05, 0) is 44.1 Å². The Kier molecular flexibility index (Phi) is 13.7. The van der Waals surface area contributed by atoms with Crippen molar-refractivity contribution >= 4 is 11.9 Å². The molecule has 5 N–H and O–H groups in total. The maximum atomic E-state index is 10.4. The van der Waals surface area contributed by atoms with E-state index in [-0.39, 0.29) is 69.4 Å². The van der Waals surface area contributed by atoms with Crippen LogP contribution in [0.3, 0.4) is 0 Å². The van der Waals surface area contributed by atoms with Crippen molar-refractivity contribution in [3.63, 3.8) is 0 Å². The standard InChI is InChI=1S/C8H6O4.C5H11N.K.H2O.H/c9-7(10)5-2-1-3-6(4-5)8(11)12;1-2-4-6-5-3-1;;;/h1-4H,(H,9,10)(H,11,12);6H,1-5H2;;1H2;/q;;+1;;-1. The van der Waals surface area contributed by atoms with Crippen molar-refractivity contribution < 1.29 is 78.1 Å². The molecule has 108 valence electrons. The van der Waals surface area contributed by atoms with E-state index in [9.17, 15) is 9.59 Å². The van der Waals surface area contributed by atoms with Crippen LogP contribution in [-0.4, -0.2) is 40.7 Å². The molecule has 0 amide bonds. The molecule has 20 heavy (non-hydrogen) atoms. The number of hydrogen-bond acceptors (Lipinski definition) is 3. The van der Waals surface area contributed by atoms with Gasteiger partial charge in [-0.2, -0.15) is 0 Å².